The van der Waals surface area contributed by atoms with Crippen LogP contribution in [-0.2, 0) is 17.5 Å². The molecule has 0 aliphatic rings. The average molecular weight is 478 g/mol. The van der Waals surface area contributed by atoms with Crippen LogP contribution >= 0.6 is 22.9 Å². The van der Waals surface area contributed by atoms with Crippen LogP contribution in [0.15, 0.2) is 59.0 Å². The minimum Gasteiger partial charge on any atom is -0.325 e. The van der Waals surface area contributed by atoms with E-state index in [0.29, 0.717) is 10.2 Å². The third-order valence-electron chi connectivity index (χ3n) is 4.78. The summed E-state index contributed by atoms with van der Waals surface area (Å²) >= 11 is 6.82. The van der Waals surface area contributed by atoms with Crippen LogP contribution in [0.3, 0.4) is 0 Å². The fraction of sp³-hybridized carbons (Fsp3) is 0.136. The Morgan fingerprint density at radius 2 is 1.91 bits per heavy atom. The molecule has 1 amide bonds. The molecule has 2 heterocycles. The van der Waals surface area contributed by atoms with Gasteiger partial charge in [0.1, 0.15) is 11.2 Å². The third kappa shape index (κ3) is 4.39. The molecule has 4 aromatic rings. The molecular weight excluding hydrogens is 463 g/mol. The number of alkyl halides is 3. The van der Waals surface area contributed by atoms with Gasteiger partial charge in [-0.2, -0.15) is 13.2 Å². The molecular formula is C22H15ClF3N3O2S. The lowest BCUT2D eigenvalue weighted by Crippen LogP contribution is -2.27. The second-order valence-corrected chi connectivity index (χ2v) is 8.40. The quantitative estimate of drug-likeness (QED) is 0.407. The number of halogens is 4. The first kappa shape index (κ1) is 22.0. The van der Waals surface area contributed by atoms with Crippen molar-refractivity contribution in [3.63, 3.8) is 0 Å². The first-order valence-corrected chi connectivity index (χ1v) is 10.6. The monoisotopic (exact) mass is 477 g/mol. The summed E-state index contributed by atoms with van der Waals surface area (Å²) in [5.74, 6) is -0.668. The summed E-state index contributed by atoms with van der Waals surface area (Å²) in [5.41, 5.74) is 1.85. The van der Waals surface area contributed by atoms with E-state index in [-0.39, 0.29) is 5.69 Å². The Hall–Kier alpha value is -3.17. The summed E-state index contributed by atoms with van der Waals surface area (Å²) in [7, 11) is 0. The van der Waals surface area contributed by atoms with Crippen molar-refractivity contribution < 1.29 is 18.0 Å². The van der Waals surface area contributed by atoms with Gasteiger partial charge in [-0.15, -0.1) is 11.3 Å². The predicted octanol–water partition coefficient (Wildman–Crippen LogP) is 5.74. The molecule has 32 heavy (non-hydrogen) atoms. The van der Waals surface area contributed by atoms with Crippen LogP contribution in [0, 0.1) is 6.92 Å². The van der Waals surface area contributed by atoms with Crippen LogP contribution in [0.5, 0.6) is 0 Å². The van der Waals surface area contributed by atoms with Crippen molar-refractivity contribution in [2.45, 2.75) is 19.6 Å². The summed E-state index contributed by atoms with van der Waals surface area (Å²) in [6.07, 6.45) is -3.39. The molecule has 4 rings (SSSR count). The number of nitrogens with zero attached hydrogens (tertiary/aromatic N) is 2. The van der Waals surface area contributed by atoms with Crippen molar-refractivity contribution in [1.82, 2.24) is 9.55 Å². The molecule has 0 saturated heterocycles. The molecule has 0 spiro atoms. The van der Waals surface area contributed by atoms with Crippen LogP contribution in [0.4, 0.5) is 18.9 Å². The van der Waals surface area contributed by atoms with Crippen LogP contribution < -0.4 is 10.9 Å². The molecule has 0 fully saturated rings. The van der Waals surface area contributed by atoms with Crippen molar-refractivity contribution in [1.29, 1.82) is 0 Å². The molecule has 5 nitrogen and oxygen atoms in total. The summed E-state index contributed by atoms with van der Waals surface area (Å²) in [6, 6.07) is 10.9. The number of nitrogens with one attached hydrogen (secondary N) is 1. The second kappa shape index (κ2) is 8.40. The number of rotatable bonds is 4. The lowest BCUT2D eigenvalue weighted by molar-refractivity contribution is -0.137. The number of thiophene rings is 1. The van der Waals surface area contributed by atoms with Crippen LogP contribution in [-0.4, -0.2) is 15.5 Å². The number of fused-ring (bicyclic) bond motifs is 1. The molecule has 0 aliphatic carbocycles. The molecule has 0 radical (unpaired) electrons. The van der Waals surface area contributed by atoms with Gasteiger partial charge in [0.15, 0.2) is 0 Å². The van der Waals surface area contributed by atoms with Crippen LogP contribution in [0.2, 0.25) is 5.02 Å². The maximum absolute atomic E-state index is 13.0. The van der Waals surface area contributed by atoms with Gasteiger partial charge in [0, 0.05) is 16.6 Å². The maximum atomic E-state index is 13.0. The average Bonchev–Trinajstić information content (AvgIpc) is 3.16. The minimum absolute atomic E-state index is 0.0772. The second-order valence-electron chi connectivity index (χ2n) is 7.11. The Labute approximate surface area is 189 Å². The summed E-state index contributed by atoms with van der Waals surface area (Å²) in [6.45, 7) is 1.58. The van der Waals surface area contributed by atoms with E-state index < -0.39 is 34.8 Å². The fourth-order valence-electron chi connectivity index (χ4n) is 3.17. The number of aromatic nitrogens is 2. The number of hydrogen-bond acceptors (Lipinski definition) is 4. The number of hydrogen-bond donors (Lipinski definition) is 1. The van der Waals surface area contributed by atoms with E-state index in [4.69, 9.17) is 11.6 Å². The Morgan fingerprint density at radius 3 is 2.59 bits per heavy atom. The number of aryl methyl sites for hydroxylation is 1. The highest BCUT2D eigenvalue weighted by molar-refractivity contribution is 7.17. The number of carbonyl (C=O) groups excluding carboxylic acids is 1. The highest BCUT2D eigenvalue weighted by Gasteiger charge is 2.33. The van der Waals surface area contributed by atoms with Crippen molar-refractivity contribution >= 4 is 44.7 Å². The van der Waals surface area contributed by atoms with Crippen molar-refractivity contribution in [3.8, 4) is 11.1 Å². The van der Waals surface area contributed by atoms with Crippen LogP contribution in [0.25, 0.3) is 21.3 Å². The Kier molecular flexibility index (Phi) is 5.79. The Balaban J connectivity index is 1.57. The van der Waals surface area contributed by atoms with E-state index >= 15 is 0 Å². The smallest absolute Gasteiger partial charge is 0.325 e. The van der Waals surface area contributed by atoms with Gasteiger partial charge in [-0.25, -0.2) is 4.98 Å². The van der Waals surface area contributed by atoms with E-state index in [1.807, 2.05) is 36.6 Å². The molecule has 0 saturated carbocycles. The number of carbonyl (C=O) groups is 1. The van der Waals surface area contributed by atoms with Crippen molar-refractivity contribution in [2.75, 3.05) is 5.32 Å². The molecule has 0 bridgehead atoms. The predicted molar refractivity (Wildman–Crippen MR) is 119 cm³/mol. The van der Waals surface area contributed by atoms with Crippen molar-refractivity contribution in [3.05, 3.63) is 80.7 Å². The van der Waals surface area contributed by atoms with Crippen molar-refractivity contribution in [2.24, 2.45) is 0 Å². The SMILES string of the molecule is Cc1ccc(-c2csc3c(=O)n(CC(=O)Nc4ccc(Cl)c(C(F)(F)F)c4)cnc23)cc1. The maximum Gasteiger partial charge on any atom is 0.417 e. The summed E-state index contributed by atoms with van der Waals surface area (Å²) < 4.78 is 40.5. The highest BCUT2D eigenvalue weighted by atomic mass is 35.5. The van der Waals surface area contributed by atoms with Gasteiger partial charge in [-0.05, 0) is 30.7 Å². The van der Waals surface area contributed by atoms with E-state index in [1.54, 1.807) is 0 Å². The van der Waals surface area contributed by atoms with Gasteiger partial charge in [0.2, 0.25) is 5.91 Å². The molecule has 164 valence electrons. The molecule has 0 unspecified atom stereocenters. The van der Waals surface area contributed by atoms with E-state index in [2.05, 4.69) is 10.3 Å². The number of benzene rings is 2. The van der Waals surface area contributed by atoms with Gasteiger partial charge in [0.05, 0.1) is 22.4 Å². The van der Waals surface area contributed by atoms with Crippen LogP contribution in [0.1, 0.15) is 11.1 Å². The highest BCUT2D eigenvalue weighted by Crippen LogP contribution is 2.36. The zero-order valence-electron chi connectivity index (χ0n) is 16.5. The van der Waals surface area contributed by atoms with E-state index in [1.165, 1.54) is 23.7 Å². The van der Waals surface area contributed by atoms with Gasteiger partial charge >= 0.3 is 6.18 Å². The lowest BCUT2D eigenvalue weighted by Gasteiger charge is -2.12. The Bertz CT molecular complexity index is 1380. The molecule has 1 N–H and O–H groups in total. The van der Waals surface area contributed by atoms with Gasteiger partial charge in [0.25, 0.3) is 5.56 Å². The molecule has 2 aromatic carbocycles. The topological polar surface area (TPSA) is 64.0 Å². The number of anilines is 1. The first-order chi connectivity index (χ1) is 15.1. The van der Waals surface area contributed by atoms with Gasteiger partial charge in [-0.3, -0.25) is 14.2 Å². The zero-order valence-corrected chi connectivity index (χ0v) is 18.1. The van der Waals surface area contributed by atoms with Gasteiger partial charge < -0.3 is 5.32 Å². The Morgan fingerprint density at radius 1 is 1.19 bits per heavy atom. The summed E-state index contributed by atoms with van der Waals surface area (Å²) in [5, 5.41) is 3.72. The number of amides is 1. The molecule has 10 heteroatoms. The molecule has 0 aliphatic heterocycles. The first-order valence-electron chi connectivity index (χ1n) is 9.34. The lowest BCUT2D eigenvalue weighted by atomic mass is 10.1. The zero-order chi connectivity index (χ0) is 23.0. The molecule has 2 aromatic heterocycles. The largest absolute Gasteiger partial charge is 0.417 e. The normalized spacial score (nSPS) is 11.7. The standard InChI is InChI=1S/C22H15ClF3N3O2S/c1-12-2-4-13(5-3-12)15-10-32-20-19(15)27-11-29(21(20)31)9-18(30)28-14-6-7-17(23)16(8-14)22(24,25)26/h2-8,10-11H,9H2,1H3,(H,28,30). The molecule has 0 atom stereocenters. The summed E-state index contributed by atoms with van der Waals surface area (Å²) in [4.78, 5) is 29.5. The van der Waals surface area contributed by atoms with E-state index in [9.17, 15) is 22.8 Å². The van der Waals surface area contributed by atoms with E-state index in [0.717, 1.165) is 33.4 Å². The third-order valence-corrected chi connectivity index (χ3v) is 6.07. The van der Waals surface area contributed by atoms with Gasteiger partial charge in [-0.1, -0.05) is 41.4 Å². The minimum atomic E-state index is -4.65. The fourth-order valence-corrected chi connectivity index (χ4v) is 4.37.